The van der Waals surface area contributed by atoms with Crippen LogP contribution in [-0.4, -0.2) is 6.10 Å². The minimum absolute atomic E-state index is 0. The van der Waals surface area contributed by atoms with E-state index in [1.54, 1.807) is 0 Å². The van der Waals surface area contributed by atoms with Gasteiger partial charge in [-0.25, -0.2) is 0 Å². The quantitative estimate of drug-likeness (QED) is 0.871. The molecule has 0 amide bonds. The van der Waals surface area contributed by atoms with Gasteiger partial charge in [-0.15, -0.1) is 12.4 Å². The smallest absolute Gasteiger partial charge is 0.124 e. The highest BCUT2D eigenvalue weighted by Gasteiger charge is 2.25. The second kappa shape index (κ2) is 6.27. The zero-order valence-electron chi connectivity index (χ0n) is 10.6. The summed E-state index contributed by atoms with van der Waals surface area (Å²) < 4.78 is 5.79. The van der Waals surface area contributed by atoms with Crippen LogP contribution in [0.2, 0.25) is 0 Å². The zero-order chi connectivity index (χ0) is 11.5. The Morgan fingerprint density at radius 2 is 1.94 bits per heavy atom. The Morgan fingerprint density at radius 3 is 2.53 bits per heavy atom. The topological polar surface area (TPSA) is 35.2 Å². The van der Waals surface area contributed by atoms with Crippen molar-refractivity contribution >= 4 is 12.4 Å². The zero-order valence-corrected chi connectivity index (χ0v) is 11.4. The van der Waals surface area contributed by atoms with E-state index in [0.29, 0.717) is 0 Å². The summed E-state index contributed by atoms with van der Waals surface area (Å²) in [6.07, 6.45) is 3.99. The third kappa shape index (κ3) is 4.21. The first-order valence-corrected chi connectivity index (χ1v) is 6.18. The molecule has 0 unspecified atom stereocenters. The van der Waals surface area contributed by atoms with Gasteiger partial charge >= 0.3 is 0 Å². The van der Waals surface area contributed by atoms with Gasteiger partial charge in [0.1, 0.15) is 5.75 Å². The number of nitrogens with two attached hydrogens (primary N) is 1. The number of halogens is 1. The van der Waals surface area contributed by atoms with E-state index in [0.717, 1.165) is 23.7 Å². The van der Waals surface area contributed by atoms with Gasteiger partial charge < -0.3 is 10.5 Å². The summed E-state index contributed by atoms with van der Waals surface area (Å²) in [7, 11) is 0. The van der Waals surface area contributed by atoms with Crippen LogP contribution in [0, 0.1) is 5.92 Å². The van der Waals surface area contributed by atoms with Gasteiger partial charge in [-0.3, -0.25) is 0 Å². The standard InChI is InChI=1S/C14H21NO.ClH/c1-10(2)16-14-6-4-3-5-12(14)13(15)9-11-7-8-11;/h3-6,10-11,13H,7-9,15H2,1-2H3;1H/t13-;/m1./s1. The molecule has 0 aliphatic heterocycles. The molecule has 2 nitrogen and oxygen atoms in total. The molecule has 1 aliphatic rings. The molecule has 0 radical (unpaired) electrons. The molecule has 1 fully saturated rings. The molecule has 0 saturated heterocycles. The predicted octanol–water partition coefficient (Wildman–Crippen LogP) is 3.70. The molecular formula is C14H22ClNO. The van der Waals surface area contributed by atoms with Crippen molar-refractivity contribution in [3.63, 3.8) is 0 Å². The van der Waals surface area contributed by atoms with Crippen LogP contribution >= 0.6 is 12.4 Å². The maximum atomic E-state index is 6.23. The Kier molecular flexibility index (Phi) is 5.29. The Hall–Kier alpha value is -0.730. The molecule has 2 rings (SSSR count). The lowest BCUT2D eigenvalue weighted by Gasteiger charge is -2.18. The van der Waals surface area contributed by atoms with E-state index in [1.807, 2.05) is 32.0 Å². The van der Waals surface area contributed by atoms with Crippen LogP contribution in [-0.2, 0) is 0 Å². The SMILES string of the molecule is CC(C)Oc1ccccc1[C@H](N)CC1CC1.Cl. The third-order valence-electron chi connectivity index (χ3n) is 2.97. The fraction of sp³-hybridized carbons (Fsp3) is 0.571. The first-order chi connectivity index (χ1) is 7.66. The number of hydrogen-bond acceptors (Lipinski definition) is 2. The van der Waals surface area contributed by atoms with Crippen LogP contribution in [0.4, 0.5) is 0 Å². The van der Waals surface area contributed by atoms with E-state index in [4.69, 9.17) is 10.5 Å². The summed E-state index contributed by atoms with van der Waals surface area (Å²) in [4.78, 5) is 0. The number of ether oxygens (including phenoxy) is 1. The first kappa shape index (κ1) is 14.3. The third-order valence-corrected chi connectivity index (χ3v) is 2.97. The fourth-order valence-electron chi connectivity index (χ4n) is 1.99. The summed E-state index contributed by atoms with van der Waals surface area (Å²) >= 11 is 0. The minimum Gasteiger partial charge on any atom is -0.491 e. The van der Waals surface area contributed by atoms with E-state index in [9.17, 15) is 0 Å². The van der Waals surface area contributed by atoms with Crippen molar-refractivity contribution in [3.05, 3.63) is 29.8 Å². The van der Waals surface area contributed by atoms with Gasteiger partial charge in [0.15, 0.2) is 0 Å². The van der Waals surface area contributed by atoms with Crippen molar-refractivity contribution in [2.24, 2.45) is 11.7 Å². The van der Waals surface area contributed by atoms with Crippen molar-refractivity contribution in [2.75, 3.05) is 0 Å². The molecule has 3 heteroatoms. The molecule has 0 aromatic heterocycles. The summed E-state index contributed by atoms with van der Waals surface area (Å²) in [6, 6.07) is 8.27. The lowest BCUT2D eigenvalue weighted by molar-refractivity contribution is 0.238. The van der Waals surface area contributed by atoms with Crippen molar-refractivity contribution in [1.29, 1.82) is 0 Å². The molecule has 1 saturated carbocycles. The predicted molar refractivity (Wildman–Crippen MR) is 73.7 cm³/mol. The van der Waals surface area contributed by atoms with Gasteiger partial charge in [0.25, 0.3) is 0 Å². The maximum Gasteiger partial charge on any atom is 0.124 e. The monoisotopic (exact) mass is 255 g/mol. The molecule has 1 atom stereocenters. The number of rotatable bonds is 5. The van der Waals surface area contributed by atoms with Gasteiger partial charge in [-0.1, -0.05) is 31.0 Å². The molecule has 1 aliphatic carbocycles. The number of para-hydroxylation sites is 1. The average molecular weight is 256 g/mol. The van der Waals surface area contributed by atoms with Gasteiger partial charge in [-0.05, 0) is 32.3 Å². The molecule has 2 N–H and O–H groups in total. The first-order valence-electron chi connectivity index (χ1n) is 6.18. The molecule has 96 valence electrons. The van der Waals surface area contributed by atoms with Crippen molar-refractivity contribution in [3.8, 4) is 5.75 Å². The van der Waals surface area contributed by atoms with Gasteiger partial charge in [0.2, 0.25) is 0 Å². The van der Waals surface area contributed by atoms with Crippen LogP contribution < -0.4 is 10.5 Å². The van der Waals surface area contributed by atoms with Crippen LogP contribution in [0.25, 0.3) is 0 Å². The van der Waals surface area contributed by atoms with E-state index < -0.39 is 0 Å². The fourth-order valence-corrected chi connectivity index (χ4v) is 1.99. The summed E-state index contributed by atoms with van der Waals surface area (Å²) in [5.74, 6) is 1.80. The largest absolute Gasteiger partial charge is 0.491 e. The van der Waals surface area contributed by atoms with Gasteiger partial charge in [0.05, 0.1) is 6.10 Å². The van der Waals surface area contributed by atoms with Crippen molar-refractivity contribution in [1.82, 2.24) is 0 Å². The van der Waals surface area contributed by atoms with Crippen LogP contribution in [0.3, 0.4) is 0 Å². The molecule has 17 heavy (non-hydrogen) atoms. The minimum atomic E-state index is 0. The lowest BCUT2D eigenvalue weighted by atomic mass is 10.0. The van der Waals surface area contributed by atoms with Gasteiger partial charge in [-0.2, -0.15) is 0 Å². The van der Waals surface area contributed by atoms with E-state index in [1.165, 1.54) is 12.8 Å². The summed E-state index contributed by atoms with van der Waals surface area (Å²) in [5, 5.41) is 0. The molecule has 1 aromatic carbocycles. The highest BCUT2D eigenvalue weighted by Crippen LogP contribution is 2.38. The number of hydrogen-bond donors (Lipinski definition) is 1. The van der Waals surface area contributed by atoms with Crippen LogP contribution in [0.15, 0.2) is 24.3 Å². The molecular weight excluding hydrogens is 234 g/mol. The molecule has 0 heterocycles. The maximum absolute atomic E-state index is 6.23. The Labute approximate surface area is 110 Å². The van der Waals surface area contributed by atoms with Crippen molar-refractivity contribution < 1.29 is 4.74 Å². The highest BCUT2D eigenvalue weighted by molar-refractivity contribution is 5.85. The Morgan fingerprint density at radius 1 is 1.29 bits per heavy atom. The average Bonchev–Trinajstić information content (AvgIpc) is 3.01. The molecule has 0 spiro atoms. The lowest BCUT2D eigenvalue weighted by Crippen LogP contribution is -2.15. The van der Waals surface area contributed by atoms with Crippen molar-refractivity contribution in [2.45, 2.75) is 45.3 Å². The van der Waals surface area contributed by atoms with Crippen LogP contribution in [0.1, 0.15) is 44.7 Å². The van der Waals surface area contributed by atoms with E-state index in [2.05, 4.69) is 6.07 Å². The highest BCUT2D eigenvalue weighted by atomic mass is 35.5. The number of benzene rings is 1. The summed E-state index contributed by atoms with van der Waals surface area (Å²) in [5.41, 5.74) is 7.39. The molecule has 1 aromatic rings. The van der Waals surface area contributed by atoms with E-state index in [-0.39, 0.29) is 24.6 Å². The normalized spacial score (nSPS) is 16.5. The summed E-state index contributed by atoms with van der Waals surface area (Å²) in [6.45, 7) is 4.09. The van der Waals surface area contributed by atoms with E-state index >= 15 is 0 Å². The van der Waals surface area contributed by atoms with Gasteiger partial charge in [0, 0.05) is 11.6 Å². The Balaban J connectivity index is 0.00000144. The second-order valence-corrected chi connectivity index (χ2v) is 4.99. The Bertz CT molecular complexity index is 350. The molecule has 0 bridgehead atoms. The second-order valence-electron chi connectivity index (χ2n) is 4.99. The van der Waals surface area contributed by atoms with Crippen LogP contribution in [0.5, 0.6) is 5.75 Å².